The lowest BCUT2D eigenvalue weighted by atomic mass is 10.0. The molecule has 29 heavy (non-hydrogen) atoms. The van der Waals surface area contributed by atoms with Crippen LogP contribution in [0.3, 0.4) is 0 Å². The number of anilines is 1. The standard InChI is InChI=1S/C21H22FN3O2S2/c1-15-4-3-5-16(2)20(15)19-14-28-21(23-19)24-10-12-25(13-11-24)29(26,27)18-8-6-17(22)7-9-18/h3-9,14H,10-13H2,1-2H3. The van der Waals surface area contributed by atoms with Crippen molar-refractivity contribution in [2.45, 2.75) is 18.7 Å². The minimum Gasteiger partial charge on any atom is -0.345 e. The molecule has 0 spiro atoms. The maximum absolute atomic E-state index is 13.1. The molecule has 0 radical (unpaired) electrons. The molecule has 1 fully saturated rings. The molecule has 8 heteroatoms. The molecule has 0 N–H and O–H groups in total. The molecule has 2 heterocycles. The van der Waals surface area contributed by atoms with Crippen LogP contribution < -0.4 is 4.90 Å². The van der Waals surface area contributed by atoms with E-state index in [4.69, 9.17) is 4.98 Å². The Hall–Kier alpha value is -2.29. The van der Waals surface area contributed by atoms with Crippen molar-refractivity contribution in [2.24, 2.45) is 0 Å². The monoisotopic (exact) mass is 431 g/mol. The van der Waals surface area contributed by atoms with Crippen LogP contribution in [0.15, 0.2) is 52.7 Å². The molecule has 152 valence electrons. The van der Waals surface area contributed by atoms with Crippen LogP contribution in [0.5, 0.6) is 0 Å². The van der Waals surface area contributed by atoms with Gasteiger partial charge >= 0.3 is 0 Å². The number of sulfonamides is 1. The van der Waals surface area contributed by atoms with Gasteiger partial charge in [0.2, 0.25) is 10.0 Å². The van der Waals surface area contributed by atoms with Crippen molar-refractivity contribution in [3.8, 4) is 11.3 Å². The number of hydrogen-bond acceptors (Lipinski definition) is 5. The van der Waals surface area contributed by atoms with E-state index >= 15 is 0 Å². The van der Waals surface area contributed by atoms with Gasteiger partial charge in [-0.15, -0.1) is 11.3 Å². The van der Waals surface area contributed by atoms with E-state index in [0.717, 1.165) is 16.4 Å². The van der Waals surface area contributed by atoms with Gasteiger partial charge in [0.15, 0.2) is 5.13 Å². The van der Waals surface area contributed by atoms with E-state index in [9.17, 15) is 12.8 Å². The van der Waals surface area contributed by atoms with Gasteiger partial charge in [0.1, 0.15) is 5.82 Å². The van der Waals surface area contributed by atoms with E-state index in [-0.39, 0.29) is 4.90 Å². The van der Waals surface area contributed by atoms with Crippen LogP contribution in [0.4, 0.5) is 9.52 Å². The molecular formula is C21H22FN3O2S2. The van der Waals surface area contributed by atoms with Crippen LogP contribution in [0.1, 0.15) is 11.1 Å². The second kappa shape index (κ2) is 7.85. The van der Waals surface area contributed by atoms with Gasteiger partial charge < -0.3 is 4.90 Å². The Morgan fingerprint density at radius 2 is 1.59 bits per heavy atom. The molecule has 3 aromatic rings. The number of nitrogens with zero attached hydrogens (tertiary/aromatic N) is 3. The number of halogens is 1. The molecule has 0 unspecified atom stereocenters. The maximum atomic E-state index is 13.1. The van der Waals surface area contributed by atoms with Gasteiger partial charge in [-0.1, -0.05) is 18.2 Å². The highest BCUT2D eigenvalue weighted by molar-refractivity contribution is 7.89. The van der Waals surface area contributed by atoms with Gasteiger partial charge in [-0.3, -0.25) is 0 Å². The Morgan fingerprint density at radius 1 is 0.966 bits per heavy atom. The van der Waals surface area contributed by atoms with Crippen molar-refractivity contribution < 1.29 is 12.8 Å². The summed E-state index contributed by atoms with van der Waals surface area (Å²) in [5.74, 6) is -0.447. The van der Waals surface area contributed by atoms with Crippen LogP contribution >= 0.6 is 11.3 Å². The quantitative estimate of drug-likeness (QED) is 0.625. The molecular weight excluding hydrogens is 409 g/mol. The van der Waals surface area contributed by atoms with Crippen LogP contribution in [0.2, 0.25) is 0 Å². The highest BCUT2D eigenvalue weighted by atomic mass is 32.2. The average molecular weight is 432 g/mol. The highest BCUT2D eigenvalue weighted by Crippen LogP contribution is 2.32. The summed E-state index contributed by atoms with van der Waals surface area (Å²) in [6, 6.07) is 11.2. The lowest BCUT2D eigenvalue weighted by Gasteiger charge is -2.33. The third-order valence-corrected chi connectivity index (χ3v) is 8.00. The summed E-state index contributed by atoms with van der Waals surface area (Å²) >= 11 is 1.58. The first-order valence-electron chi connectivity index (χ1n) is 9.39. The normalized spacial score (nSPS) is 15.6. The molecule has 0 atom stereocenters. The van der Waals surface area contributed by atoms with Crippen LogP contribution in [-0.2, 0) is 10.0 Å². The number of hydrogen-bond donors (Lipinski definition) is 0. The molecule has 1 saturated heterocycles. The van der Waals surface area contributed by atoms with Crippen molar-refractivity contribution >= 4 is 26.5 Å². The molecule has 4 rings (SSSR count). The summed E-state index contributed by atoms with van der Waals surface area (Å²) in [6.07, 6.45) is 0. The number of benzene rings is 2. The lowest BCUT2D eigenvalue weighted by Crippen LogP contribution is -2.48. The average Bonchev–Trinajstić information content (AvgIpc) is 3.18. The van der Waals surface area contributed by atoms with E-state index in [1.54, 1.807) is 11.3 Å². The summed E-state index contributed by atoms with van der Waals surface area (Å²) < 4.78 is 40.1. The predicted octanol–water partition coefficient (Wildman–Crippen LogP) is 4.08. The van der Waals surface area contributed by atoms with Gasteiger partial charge in [-0.2, -0.15) is 4.31 Å². The Bertz CT molecular complexity index is 1100. The number of rotatable bonds is 4. The van der Waals surface area contributed by atoms with E-state index in [0.29, 0.717) is 26.2 Å². The molecule has 0 bridgehead atoms. The number of aromatic nitrogens is 1. The largest absolute Gasteiger partial charge is 0.345 e. The number of piperazine rings is 1. The second-order valence-electron chi connectivity index (χ2n) is 7.13. The Labute approximate surface area is 174 Å². The van der Waals surface area contributed by atoms with Crippen molar-refractivity contribution in [1.29, 1.82) is 0 Å². The number of thiazole rings is 1. The van der Waals surface area contributed by atoms with Gasteiger partial charge in [0.05, 0.1) is 10.6 Å². The van der Waals surface area contributed by atoms with Crippen molar-refractivity contribution in [2.75, 3.05) is 31.1 Å². The molecule has 1 aliphatic rings. The molecule has 0 saturated carbocycles. The van der Waals surface area contributed by atoms with Gasteiger partial charge in [-0.25, -0.2) is 17.8 Å². The minimum absolute atomic E-state index is 0.124. The maximum Gasteiger partial charge on any atom is 0.243 e. The third-order valence-electron chi connectivity index (χ3n) is 5.19. The first kappa shape index (κ1) is 20.0. The van der Waals surface area contributed by atoms with Gasteiger partial charge in [0, 0.05) is 37.1 Å². The molecule has 5 nitrogen and oxygen atoms in total. The smallest absolute Gasteiger partial charge is 0.243 e. The van der Waals surface area contributed by atoms with E-state index in [1.165, 1.54) is 39.7 Å². The van der Waals surface area contributed by atoms with Crippen LogP contribution in [0, 0.1) is 19.7 Å². The first-order chi connectivity index (χ1) is 13.9. The zero-order valence-corrected chi connectivity index (χ0v) is 17.9. The Kier molecular flexibility index (Phi) is 5.42. The molecule has 1 aliphatic heterocycles. The Balaban J connectivity index is 1.48. The van der Waals surface area contributed by atoms with Crippen LogP contribution in [0.25, 0.3) is 11.3 Å². The number of aryl methyl sites for hydroxylation is 2. The molecule has 1 aromatic heterocycles. The molecule has 2 aromatic carbocycles. The fourth-order valence-electron chi connectivity index (χ4n) is 3.62. The van der Waals surface area contributed by atoms with Gasteiger partial charge in [0.25, 0.3) is 0 Å². The topological polar surface area (TPSA) is 53.5 Å². The fourth-order valence-corrected chi connectivity index (χ4v) is 5.91. The van der Waals surface area contributed by atoms with Crippen molar-refractivity contribution in [3.63, 3.8) is 0 Å². The third kappa shape index (κ3) is 3.92. The zero-order chi connectivity index (χ0) is 20.6. The fraction of sp³-hybridized carbons (Fsp3) is 0.286. The molecule has 0 aliphatic carbocycles. The van der Waals surface area contributed by atoms with Crippen molar-refractivity contribution in [1.82, 2.24) is 9.29 Å². The first-order valence-corrected chi connectivity index (χ1v) is 11.7. The van der Waals surface area contributed by atoms with E-state index < -0.39 is 15.8 Å². The van der Waals surface area contributed by atoms with Crippen LogP contribution in [-0.4, -0.2) is 43.9 Å². The summed E-state index contributed by atoms with van der Waals surface area (Å²) in [6.45, 7) is 6.05. The lowest BCUT2D eigenvalue weighted by molar-refractivity contribution is 0.384. The second-order valence-corrected chi connectivity index (χ2v) is 9.90. The summed E-state index contributed by atoms with van der Waals surface area (Å²) in [4.78, 5) is 7.06. The Morgan fingerprint density at radius 3 is 2.21 bits per heavy atom. The highest BCUT2D eigenvalue weighted by Gasteiger charge is 2.29. The van der Waals surface area contributed by atoms with Gasteiger partial charge in [-0.05, 0) is 49.2 Å². The summed E-state index contributed by atoms with van der Waals surface area (Å²) in [5.41, 5.74) is 4.50. The summed E-state index contributed by atoms with van der Waals surface area (Å²) in [5, 5.41) is 2.97. The predicted molar refractivity (Wildman–Crippen MR) is 114 cm³/mol. The molecule has 0 amide bonds. The minimum atomic E-state index is -3.61. The zero-order valence-electron chi connectivity index (χ0n) is 16.3. The summed E-state index contributed by atoms with van der Waals surface area (Å²) in [7, 11) is -3.61. The van der Waals surface area contributed by atoms with E-state index in [2.05, 4.69) is 36.3 Å². The SMILES string of the molecule is Cc1cccc(C)c1-c1csc(N2CCN(S(=O)(=O)c3ccc(F)cc3)CC2)n1. The van der Waals surface area contributed by atoms with E-state index in [1.807, 2.05) is 6.07 Å². The van der Waals surface area contributed by atoms with Crippen molar-refractivity contribution in [3.05, 3.63) is 64.8 Å².